The van der Waals surface area contributed by atoms with Gasteiger partial charge in [-0.3, -0.25) is 4.79 Å². The van der Waals surface area contributed by atoms with Crippen LogP contribution >= 0.6 is 12.4 Å². The topological polar surface area (TPSA) is 108 Å². The lowest BCUT2D eigenvalue weighted by atomic mass is 10.1. The Hall–Kier alpha value is -1.45. The molecule has 1 heterocycles. The van der Waals surface area contributed by atoms with E-state index in [2.05, 4.69) is 21.9 Å². The lowest BCUT2D eigenvalue weighted by molar-refractivity contribution is 0.0927. The molecule has 24 heavy (non-hydrogen) atoms. The van der Waals surface area contributed by atoms with Crippen molar-refractivity contribution < 1.29 is 18.3 Å². The maximum atomic E-state index is 12.0. The number of halogens is 1. The first-order chi connectivity index (χ1) is 10.9. The molecule has 9 heteroatoms. The van der Waals surface area contributed by atoms with Crippen LogP contribution in [-0.4, -0.2) is 51.7 Å². The van der Waals surface area contributed by atoms with Crippen molar-refractivity contribution in [3.05, 3.63) is 42.5 Å². The molecule has 134 valence electrons. The molecule has 1 fully saturated rings. The summed E-state index contributed by atoms with van der Waals surface area (Å²) in [5.41, 5.74) is 0.369. The largest absolute Gasteiger partial charge is 0.391 e. The van der Waals surface area contributed by atoms with Crippen LogP contribution in [0.15, 0.2) is 41.8 Å². The average molecular weight is 376 g/mol. The molecule has 2 atom stereocenters. The van der Waals surface area contributed by atoms with Gasteiger partial charge >= 0.3 is 0 Å². The van der Waals surface area contributed by atoms with Gasteiger partial charge in [0.2, 0.25) is 10.0 Å². The molecule has 7 nitrogen and oxygen atoms in total. The minimum absolute atomic E-state index is 0. The molecule has 2 unspecified atom stereocenters. The van der Waals surface area contributed by atoms with Crippen LogP contribution in [0.5, 0.6) is 0 Å². The van der Waals surface area contributed by atoms with Crippen molar-refractivity contribution in [3.8, 4) is 0 Å². The van der Waals surface area contributed by atoms with Crippen LogP contribution in [-0.2, 0) is 10.0 Å². The fourth-order valence-corrected chi connectivity index (χ4v) is 3.29. The number of aliphatic hydroxyl groups excluding tert-OH is 1. The van der Waals surface area contributed by atoms with Gasteiger partial charge in [-0.25, -0.2) is 13.1 Å². The Morgan fingerprint density at radius 3 is 2.54 bits per heavy atom. The molecular formula is C15H22ClN3O4S. The van der Waals surface area contributed by atoms with Gasteiger partial charge in [-0.15, -0.1) is 19.0 Å². The van der Waals surface area contributed by atoms with Gasteiger partial charge in [-0.1, -0.05) is 6.08 Å². The van der Waals surface area contributed by atoms with Gasteiger partial charge < -0.3 is 15.7 Å². The smallest absolute Gasteiger partial charge is 0.251 e. The number of hydrogen-bond acceptors (Lipinski definition) is 5. The Balaban J connectivity index is 0.00000288. The molecule has 0 spiro atoms. The molecule has 0 radical (unpaired) electrons. The molecule has 1 saturated heterocycles. The van der Waals surface area contributed by atoms with Gasteiger partial charge in [-0.05, 0) is 24.3 Å². The highest BCUT2D eigenvalue weighted by molar-refractivity contribution is 7.89. The Labute approximate surface area is 148 Å². The normalized spacial score (nSPS) is 20.2. The summed E-state index contributed by atoms with van der Waals surface area (Å²) in [5, 5.41) is 15.5. The highest BCUT2D eigenvalue weighted by Gasteiger charge is 2.25. The number of benzene rings is 1. The van der Waals surface area contributed by atoms with E-state index in [1.54, 1.807) is 0 Å². The van der Waals surface area contributed by atoms with Gasteiger partial charge in [-0.2, -0.15) is 0 Å². The van der Waals surface area contributed by atoms with Crippen LogP contribution in [0, 0.1) is 5.92 Å². The Morgan fingerprint density at radius 1 is 1.33 bits per heavy atom. The predicted molar refractivity (Wildman–Crippen MR) is 93.8 cm³/mol. The summed E-state index contributed by atoms with van der Waals surface area (Å²) in [4.78, 5) is 12.1. The third-order valence-electron chi connectivity index (χ3n) is 3.67. The molecular weight excluding hydrogens is 354 g/mol. The van der Waals surface area contributed by atoms with E-state index in [9.17, 15) is 18.3 Å². The van der Waals surface area contributed by atoms with Crippen molar-refractivity contribution >= 4 is 28.3 Å². The fourth-order valence-electron chi connectivity index (χ4n) is 2.29. The lowest BCUT2D eigenvalue weighted by Gasteiger charge is -2.14. The number of carbonyl (C=O) groups excluding carboxylic acids is 1. The van der Waals surface area contributed by atoms with Crippen molar-refractivity contribution in [2.45, 2.75) is 11.0 Å². The number of sulfonamides is 1. The predicted octanol–water partition coefficient (Wildman–Crippen LogP) is -0.117. The molecule has 0 aliphatic carbocycles. The van der Waals surface area contributed by atoms with Crippen LogP contribution in [0.1, 0.15) is 10.4 Å². The quantitative estimate of drug-likeness (QED) is 0.497. The van der Waals surface area contributed by atoms with E-state index in [-0.39, 0.29) is 35.7 Å². The molecule has 2 rings (SSSR count). The zero-order chi connectivity index (χ0) is 16.9. The summed E-state index contributed by atoms with van der Waals surface area (Å²) < 4.78 is 26.2. The number of carbonyl (C=O) groups is 1. The number of rotatable bonds is 7. The van der Waals surface area contributed by atoms with Gasteiger partial charge in [0.05, 0.1) is 11.0 Å². The van der Waals surface area contributed by atoms with E-state index in [1.165, 1.54) is 30.3 Å². The zero-order valence-corrected chi connectivity index (χ0v) is 14.7. The molecule has 4 N–H and O–H groups in total. The zero-order valence-electron chi connectivity index (χ0n) is 13.1. The highest BCUT2D eigenvalue weighted by Crippen LogP contribution is 2.11. The minimum atomic E-state index is -3.59. The summed E-state index contributed by atoms with van der Waals surface area (Å²) in [5.74, 6) is -0.311. The van der Waals surface area contributed by atoms with Crippen LogP contribution in [0.4, 0.5) is 0 Å². The third-order valence-corrected chi connectivity index (χ3v) is 5.11. The number of β-amino-alcohol motifs (C(OH)–C–C–N with tert-alkyl or cyclic N) is 1. The summed E-state index contributed by atoms with van der Waals surface area (Å²) in [6.45, 7) is 5.15. The number of aliphatic hydroxyl groups is 1. The number of hydrogen-bond donors (Lipinski definition) is 4. The SMILES string of the molecule is C=CCNS(=O)(=O)c1ccc(C(=O)NCC2CNCC2O)cc1.Cl. The molecule has 0 bridgehead atoms. The van der Waals surface area contributed by atoms with Crippen LogP contribution in [0.25, 0.3) is 0 Å². The Kier molecular flexibility index (Phi) is 7.85. The van der Waals surface area contributed by atoms with Crippen LogP contribution in [0.3, 0.4) is 0 Å². The second-order valence-corrected chi connectivity index (χ2v) is 7.13. The monoisotopic (exact) mass is 375 g/mol. The van der Waals surface area contributed by atoms with Gasteiger partial charge in [0.15, 0.2) is 0 Å². The summed E-state index contributed by atoms with van der Waals surface area (Å²) >= 11 is 0. The maximum Gasteiger partial charge on any atom is 0.251 e. The van der Waals surface area contributed by atoms with Crippen molar-refractivity contribution in [2.75, 3.05) is 26.2 Å². The summed E-state index contributed by atoms with van der Waals surface area (Å²) in [6.07, 6.45) is 0.991. The molecule has 1 aliphatic heterocycles. The van der Waals surface area contributed by atoms with Crippen LogP contribution < -0.4 is 15.4 Å². The van der Waals surface area contributed by atoms with Crippen molar-refractivity contribution in [1.82, 2.24) is 15.4 Å². The van der Waals surface area contributed by atoms with E-state index in [0.29, 0.717) is 25.2 Å². The first-order valence-electron chi connectivity index (χ1n) is 7.31. The maximum absolute atomic E-state index is 12.0. The van der Waals surface area contributed by atoms with E-state index < -0.39 is 16.1 Å². The molecule has 1 amide bonds. The summed E-state index contributed by atoms with van der Waals surface area (Å²) in [7, 11) is -3.59. The molecule has 1 aliphatic rings. The van der Waals surface area contributed by atoms with Crippen molar-refractivity contribution in [3.63, 3.8) is 0 Å². The molecule has 1 aromatic carbocycles. The van der Waals surface area contributed by atoms with E-state index >= 15 is 0 Å². The fraction of sp³-hybridized carbons (Fsp3) is 0.400. The first-order valence-corrected chi connectivity index (χ1v) is 8.80. The lowest BCUT2D eigenvalue weighted by Crippen LogP contribution is -2.34. The second kappa shape index (κ2) is 9.14. The Bertz CT molecular complexity index is 664. The van der Waals surface area contributed by atoms with Gasteiger partial charge in [0.1, 0.15) is 0 Å². The van der Waals surface area contributed by atoms with Crippen molar-refractivity contribution in [2.24, 2.45) is 5.92 Å². The van der Waals surface area contributed by atoms with Crippen molar-refractivity contribution in [1.29, 1.82) is 0 Å². The minimum Gasteiger partial charge on any atom is -0.391 e. The molecule has 0 aromatic heterocycles. The van der Waals surface area contributed by atoms with Gasteiger partial charge in [0, 0.05) is 37.7 Å². The molecule has 0 saturated carbocycles. The van der Waals surface area contributed by atoms with E-state index in [4.69, 9.17) is 0 Å². The summed E-state index contributed by atoms with van der Waals surface area (Å²) in [6, 6.07) is 5.68. The van der Waals surface area contributed by atoms with Crippen LogP contribution in [0.2, 0.25) is 0 Å². The molecule has 1 aromatic rings. The van der Waals surface area contributed by atoms with Gasteiger partial charge in [0.25, 0.3) is 5.91 Å². The standard InChI is InChI=1S/C15H21N3O4S.ClH/c1-2-7-18-23(21,22)13-5-3-11(4-6-13)15(20)17-9-12-8-16-10-14(12)19;/h2-6,12,14,16,18-19H,1,7-10H2,(H,17,20);1H. The second-order valence-electron chi connectivity index (χ2n) is 5.36. The first kappa shape index (κ1) is 20.6. The number of nitrogens with one attached hydrogen (secondary N) is 3. The van der Waals surface area contributed by atoms with E-state index in [0.717, 1.165) is 0 Å². The van der Waals surface area contributed by atoms with E-state index in [1.807, 2.05) is 0 Å². The highest BCUT2D eigenvalue weighted by atomic mass is 35.5. The third kappa shape index (κ3) is 5.29. The average Bonchev–Trinajstić information content (AvgIpc) is 2.96. The Morgan fingerprint density at radius 2 is 2.00 bits per heavy atom. The number of amides is 1.